The minimum Gasteiger partial charge on any atom is -0.393 e. The fourth-order valence-corrected chi connectivity index (χ4v) is 1.92. The molecule has 108 valence electrons. The van der Waals surface area contributed by atoms with Gasteiger partial charge in [-0.25, -0.2) is 8.78 Å². The van der Waals surface area contributed by atoms with Crippen molar-refractivity contribution in [2.24, 2.45) is 0 Å². The molecule has 0 saturated carbocycles. The average molecular weight is 282 g/mol. The van der Waals surface area contributed by atoms with Crippen molar-refractivity contribution >= 4 is 0 Å². The highest BCUT2D eigenvalue weighted by molar-refractivity contribution is 5.21. The van der Waals surface area contributed by atoms with Crippen LogP contribution in [0.25, 0.3) is 0 Å². The number of rotatable bonds is 6. The SMILES string of the molecule is CCCC(O)Cc1nc(Cc2ccc(F)cc2F)no1. The molecule has 1 aromatic heterocycles. The van der Waals surface area contributed by atoms with Crippen LogP contribution < -0.4 is 0 Å². The quantitative estimate of drug-likeness (QED) is 0.885. The Kier molecular flexibility index (Phi) is 4.79. The second kappa shape index (κ2) is 6.56. The Balaban J connectivity index is 2.02. The van der Waals surface area contributed by atoms with Crippen LogP contribution in [-0.2, 0) is 12.8 Å². The van der Waals surface area contributed by atoms with E-state index >= 15 is 0 Å². The molecule has 0 spiro atoms. The highest BCUT2D eigenvalue weighted by Crippen LogP contribution is 2.14. The molecule has 1 atom stereocenters. The number of nitrogens with zero attached hydrogens (tertiary/aromatic N) is 2. The molecule has 0 aliphatic rings. The maximum Gasteiger partial charge on any atom is 0.229 e. The molecule has 0 radical (unpaired) electrons. The van der Waals surface area contributed by atoms with Crippen LogP contribution in [0.5, 0.6) is 0 Å². The highest BCUT2D eigenvalue weighted by atomic mass is 19.1. The molecule has 6 heteroatoms. The first-order valence-corrected chi connectivity index (χ1v) is 6.52. The molecule has 0 aliphatic heterocycles. The number of aliphatic hydroxyl groups excluding tert-OH is 1. The fraction of sp³-hybridized carbons (Fsp3) is 0.429. The van der Waals surface area contributed by atoms with Crippen LogP contribution in [-0.4, -0.2) is 21.4 Å². The van der Waals surface area contributed by atoms with E-state index in [0.29, 0.717) is 23.7 Å². The highest BCUT2D eigenvalue weighted by Gasteiger charge is 2.13. The summed E-state index contributed by atoms with van der Waals surface area (Å²) in [6.45, 7) is 1.97. The van der Waals surface area contributed by atoms with E-state index in [-0.39, 0.29) is 12.8 Å². The molecule has 0 saturated heterocycles. The molecular weight excluding hydrogens is 266 g/mol. The van der Waals surface area contributed by atoms with Crippen molar-refractivity contribution in [2.75, 3.05) is 0 Å². The van der Waals surface area contributed by atoms with Crippen molar-refractivity contribution in [3.8, 4) is 0 Å². The van der Waals surface area contributed by atoms with Gasteiger partial charge >= 0.3 is 0 Å². The molecule has 20 heavy (non-hydrogen) atoms. The van der Waals surface area contributed by atoms with Gasteiger partial charge in [0.25, 0.3) is 0 Å². The topological polar surface area (TPSA) is 59.2 Å². The van der Waals surface area contributed by atoms with Gasteiger partial charge in [-0.05, 0) is 18.1 Å². The first-order valence-electron chi connectivity index (χ1n) is 6.52. The Morgan fingerprint density at radius 2 is 2.15 bits per heavy atom. The van der Waals surface area contributed by atoms with E-state index in [1.54, 1.807) is 0 Å². The van der Waals surface area contributed by atoms with Gasteiger partial charge in [-0.3, -0.25) is 0 Å². The number of aromatic nitrogens is 2. The van der Waals surface area contributed by atoms with Crippen LogP contribution in [0.3, 0.4) is 0 Å². The molecule has 0 bridgehead atoms. The third-order valence-corrected chi connectivity index (χ3v) is 2.91. The number of hydrogen-bond acceptors (Lipinski definition) is 4. The molecule has 0 amide bonds. The third-order valence-electron chi connectivity index (χ3n) is 2.91. The Bertz CT molecular complexity index is 572. The van der Waals surface area contributed by atoms with Crippen molar-refractivity contribution in [2.45, 2.75) is 38.7 Å². The summed E-state index contributed by atoms with van der Waals surface area (Å²) in [4.78, 5) is 4.09. The normalized spacial score (nSPS) is 12.6. The summed E-state index contributed by atoms with van der Waals surface area (Å²) in [7, 11) is 0. The summed E-state index contributed by atoms with van der Waals surface area (Å²) in [5, 5.41) is 13.4. The zero-order valence-corrected chi connectivity index (χ0v) is 11.1. The fourth-order valence-electron chi connectivity index (χ4n) is 1.92. The maximum absolute atomic E-state index is 13.5. The zero-order chi connectivity index (χ0) is 14.5. The molecule has 4 nitrogen and oxygen atoms in total. The van der Waals surface area contributed by atoms with Crippen LogP contribution in [0.15, 0.2) is 22.7 Å². The number of hydrogen-bond donors (Lipinski definition) is 1. The third kappa shape index (κ3) is 3.84. The van der Waals surface area contributed by atoms with Gasteiger partial charge in [0, 0.05) is 12.5 Å². The van der Waals surface area contributed by atoms with Crippen LogP contribution in [0.1, 0.15) is 37.0 Å². The number of halogens is 2. The van der Waals surface area contributed by atoms with Crippen LogP contribution in [0.4, 0.5) is 8.78 Å². The summed E-state index contributed by atoms with van der Waals surface area (Å²) >= 11 is 0. The minimum atomic E-state index is -0.637. The second-order valence-corrected chi connectivity index (χ2v) is 4.66. The van der Waals surface area contributed by atoms with Crippen molar-refractivity contribution in [1.29, 1.82) is 0 Å². The first kappa shape index (κ1) is 14.6. The minimum absolute atomic E-state index is 0.124. The zero-order valence-electron chi connectivity index (χ0n) is 11.1. The van der Waals surface area contributed by atoms with E-state index in [9.17, 15) is 13.9 Å². The lowest BCUT2D eigenvalue weighted by molar-refractivity contribution is 0.151. The van der Waals surface area contributed by atoms with E-state index in [4.69, 9.17) is 4.52 Å². The molecule has 1 aromatic carbocycles. The van der Waals surface area contributed by atoms with E-state index in [2.05, 4.69) is 10.1 Å². The van der Waals surface area contributed by atoms with Gasteiger partial charge in [-0.2, -0.15) is 4.98 Å². The smallest absolute Gasteiger partial charge is 0.229 e. The van der Waals surface area contributed by atoms with Crippen molar-refractivity contribution in [1.82, 2.24) is 10.1 Å². The molecule has 1 N–H and O–H groups in total. The Morgan fingerprint density at radius 1 is 1.35 bits per heavy atom. The Morgan fingerprint density at radius 3 is 2.85 bits per heavy atom. The van der Waals surface area contributed by atoms with Crippen molar-refractivity contribution in [3.63, 3.8) is 0 Å². The monoisotopic (exact) mass is 282 g/mol. The Hall–Kier alpha value is -1.82. The van der Waals surface area contributed by atoms with Crippen LogP contribution >= 0.6 is 0 Å². The van der Waals surface area contributed by atoms with Crippen molar-refractivity contribution < 1.29 is 18.4 Å². The van der Waals surface area contributed by atoms with Gasteiger partial charge in [0.1, 0.15) is 11.6 Å². The summed E-state index contributed by atoms with van der Waals surface area (Å²) < 4.78 is 31.3. The summed E-state index contributed by atoms with van der Waals surface area (Å²) in [5.74, 6) is -0.622. The lowest BCUT2D eigenvalue weighted by atomic mass is 10.1. The predicted octanol–water partition coefficient (Wildman–Crippen LogP) is 2.64. The van der Waals surface area contributed by atoms with Gasteiger partial charge < -0.3 is 9.63 Å². The predicted molar refractivity (Wildman–Crippen MR) is 68.1 cm³/mol. The average Bonchev–Trinajstić information content (AvgIpc) is 2.80. The second-order valence-electron chi connectivity index (χ2n) is 4.66. The number of benzene rings is 1. The summed E-state index contributed by atoms with van der Waals surface area (Å²) in [6.07, 6.45) is 1.41. The molecule has 2 aromatic rings. The van der Waals surface area contributed by atoms with E-state index in [1.165, 1.54) is 12.1 Å². The molecule has 0 aliphatic carbocycles. The molecule has 2 rings (SSSR count). The summed E-state index contributed by atoms with van der Waals surface area (Å²) in [5.41, 5.74) is 0.299. The lowest BCUT2D eigenvalue weighted by Crippen LogP contribution is -2.10. The largest absolute Gasteiger partial charge is 0.393 e. The van der Waals surface area contributed by atoms with Crippen LogP contribution in [0.2, 0.25) is 0 Å². The maximum atomic E-state index is 13.5. The van der Waals surface area contributed by atoms with Crippen LogP contribution in [0, 0.1) is 11.6 Å². The van der Waals surface area contributed by atoms with E-state index in [1.807, 2.05) is 6.92 Å². The van der Waals surface area contributed by atoms with Gasteiger partial charge in [-0.15, -0.1) is 0 Å². The van der Waals surface area contributed by atoms with E-state index in [0.717, 1.165) is 12.5 Å². The van der Waals surface area contributed by atoms with E-state index < -0.39 is 17.7 Å². The molecule has 1 heterocycles. The molecule has 0 fully saturated rings. The first-order chi connectivity index (χ1) is 9.58. The lowest BCUT2D eigenvalue weighted by Gasteiger charge is -2.04. The molecule has 1 unspecified atom stereocenters. The van der Waals surface area contributed by atoms with Crippen molar-refractivity contribution in [3.05, 3.63) is 47.1 Å². The summed E-state index contributed by atoms with van der Waals surface area (Å²) in [6, 6.07) is 3.36. The molecular formula is C14H16F2N2O2. The van der Waals surface area contributed by atoms with Gasteiger partial charge in [0.2, 0.25) is 5.89 Å². The van der Waals surface area contributed by atoms with Gasteiger partial charge in [-0.1, -0.05) is 24.6 Å². The number of aliphatic hydroxyl groups is 1. The standard InChI is InChI=1S/C14H16F2N2O2/c1-2-3-11(19)8-14-17-13(18-20-14)6-9-4-5-10(15)7-12(9)16/h4-5,7,11,19H,2-3,6,8H2,1H3. The van der Waals surface area contributed by atoms with Gasteiger partial charge in [0.15, 0.2) is 5.82 Å². The Labute approximate surface area is 115 Å². The van der Waals surface area contributed by atoms with Gasteiger partial charge in [0.05, 0.1) is 12.5 Å².